The molecule has 128 valence electrons. The van der Waals surface area contributed by atoms with Gasteiger partial charge in [-0.2, -0.15) is 4.98 Å². The summed E-state index contributed by atoms with van der Waals surface area (Å²) in [6.07, 6.45) is 0. The number of carbonyl (C=O) groups is 1. The fourth-order valence-electron chi connectivity index (χ4n) is 2.73. The van der Waals surface area contributed by atoms with E-state index < -0.39 is 0 Å². The van der Waals surface area contributed by atoms with E-state index in [-0.39, 0.29) is 11.9 Å². The Morgan fingerprint density at radius 1 is 1.28 bits per heavy atom. The van der Waals surface area contributed by atoms with Crippen LogP contribution in [0.4, 0.5) is 10.5 Å². The van der Waals surface area contributed by atoms with Crippen LogP contribution >= 0.6 is 11.3 Å². The molecule has 4 rings (SSSR count). The Morgan fingerprint density at radius 3 is 2.84 bits per heavy atom. The first-order valence-corrected chi connectivity index (χ1v) is 8.99. The minimum absolute atomic E-state index is 0.0995. The largest absolute Gasteiger partial charge is 0.339 e. The highest BCUT2D eigenvalue weighted by molar-refractivity contribution is 7.13. The third kappa shape index (κ3) is 3.15. The van der Waals surface area contributed by atoms with Crippen LogP contribution in [-0.4, -0.2) is 34.2 Å². The van der Waals surface area contributed by atoms with E-state index in [0.29, 0.717) is 24.8 Å². The second-order valence-electron chi connectivity index (χ2n) is 6.26. The van der Waals surface area contributed by atoms with Crippen molar-refractivity contribution in [1.29, 1.82) is 0 Å². The van der Waals surface area contributed by atoms with Crippen LogP contribution in [0.25, 0.3) is 10.7 Å². The van der Waals surface area contributed by atoms with Crippen LogP contribution < -0.4 is 5.32 Å². The summed E-state index contributed by atoms with van der Waals surface area (Å²) in [6.45, 7) is 5.26. The Balaban J connectivity index is 1.35. The molecule has 3 aromatic rings. The highest BCUT2D eigenvalue weighted by atomic mass is 32.1. The number of nitrogens with one attached hydrogen (secondary N) is 1. The number of thiophene rings is 1. The van der Waals surface area contributed by atoms with E-state index in [2.05, 4.69) is 22.4 Å². The molecule has 25 heavy (non-hydrogen) atoms. The molecule has 1 aromatic carbocycles. The van der Waals surface area contributed by atoms with Crippen molar-refractivity contribution in [2.45, 2.75) is 19.8 Å². The molecule has 0 spiro atoms. The molecular formula is C18H18N4O2S. The van der Waals surface area contributed by atoms with E-state index in [4.69, 9.17) is 4.52 Å². The zero-order valence-corrected chi connectivity index (χ0v) is 14.8. The molecule has 1 saturated heterocycles. The van der Waals surface area contributed by atoms with Gasteiger partial charge in [0.25, 0.3) is 0 Å². The number of urea groups is 1. The minimum atomic E-state index is -0.0995. The number of hydrogen-bond acceptors (Lipinski definition) is 5. The summed E-state index contributed by atoms with van der Waals surface area (Å²) in [5.74, 6) is 1.31. The monoisotopic (exact) mass is 354 g/mol. The third-order valence-electron chi connectivity index (χ3n) is 4.46. The van der Waals surface area contributed by atoms with Crippen molar-refractivity contribution in [3.63, 3.8) is 0 Å². The molecule has 0 atom stereocenters. The van der Waals surface area contributed by atoms with Gasteiger partial charge in [0.2, 0.25) is 11.7 Å². The van der Waals surface area contributed by atoms with Crippen LogP contribution in [0, 0.1) is 13.8 Å². The maximum Gasteiger partial charge on any atom is 0.321 e. The fraction of sp³-hybridized carbons (Fsp3) is 0.278. The molecule has 2 aromatic heterocycles. The number of carbonyl (C=O) groups excluding carboxylic acids is 1. The van der Waals surface area contributed by atoms with Crippen LogP contribution in [0.2, 0.25) is 0 Å². The van der Waals surface area contributed by atoms with Crippen molar-refractivity contribution in [3.8, 4) is 10.7 Å². The summed E-state index contributed by atoms with van der Waals surface area (Å²) in [4.78, 5) is 19.5. The molecule has 0 unspecified atom stereocenters. The number of hydrogen-bond donors (Lipinski definition) is 1. The van der Waals surface area contributed by atoms with E-state index in [1.54, 1.807) is 16.2 Å². The smallest absolute Gasteiger partial charge is 0.321 e. The Kier molecular flexibility index (Phi) is 4.01. The number of aryl methyl sites for hydroxylation is 2. The summed E-state index contributed by atoms with van der Waals surface area (Å²) in [7, 11) is 0. The van der Waals surface area contributed by atoms with Gasteiger partial charge in [0, 0.05) is 18.8 Å². The maximum atomic E-state index is 12.3. The zero-order valence-electron chi connectivity index (χ0n) is 14.0. The highest BCUT2D eigenvalue weighted by Gasteiger charge is 2.35. The lowest BCUT2D eigenvalue weighted by molar-refractivity contribution is 0.147. The number of amides is 2. The zero-order chi connectivity index (χ0) is 17.4. The number of likely N-dealkylation sites (tertiary alicyclic amines) is 1. The molecule has 6 nitrogen and oxygen atoms in total. The predicted octanol–water partition coefficient (Wildman–Crippen LogP) is 4.05. The second-order valence-corrected chi connectivity index (χ2v) is 7.21. The number of anilines is 1. The summed E-state index contributed by atoms with van der Waals surface area (Å²) >= 11 is 1.58. The standard InChI is InChI=1S/C18H18N4O2S/c1-11-5-6-14(8-12(11)2)19-18(23)22-9-13(10-22)17-20-16(21-24-17)15-4-3-7-25-15/h3-8,13H,9-10H2,1-2H3,(H,19,23). The lowest BCUT2D eigenvalue weighted by Crippen LogP contribution is -2.50. The number of aromatic nitrogens is 2. The number of nitrogens with zero attached hydrogens (tertiary/aromatic N) is 3. The average Bonchev–Trinajstić information content (AvgIpc) is 3.20. The molecular weight excluding hydrogens is 336 g/mol. The molecule has 0 bridgehead atoms. The molecule has 0 radical (unpaired) electrons. The first-order valence-electron chi connectivity index (χ1n) is 8.11. The van der Waals surface area contributed by atoms with Gasteiger partial charge in [0.15, 0.2) is 0 Å². The Hall–Kier alpha value is -2.67. The first-order chi connectivity index (χ1) is 12.1. The normalized spacial score (nSPS) is 14.4. The highest BCUT2D eigenvalue weighted by Crippen LogP contribution is 2.29. The quantitative estimate of drug-likeness (QED) is 0.770. The van der Waals surface area contributed by atoms with Gasteiger partial charge in [-0.25, -0.2) is 4.79 Å². The van der Waals surface area contributed by atoms with Gasteiger partial charge < -0.3 is 14.7 Å². The Bertz CT molecular complexity index is 898. The number of benzene rings is 1. The first kappa shape index (κ1) is 15.8. The van der Waals surface area contributed by atoms with E-state index in [1.807, 2.05) is 42.6 Å². The lowest BCUT2D eigenvalue weighted by atomic mass is 10.0. The van der Waals surface area contributed by atoms with Crippen molar-refractivity contribution in [2.75, 3.05) is 18.4 Å². The molecule has 3 heterocycles. The van der Waals surface area contributed by atoms with Crippen molar-refractivity contribution in [2.24, 2.45) is 0 Å². The van der Waals surface area contributed by atoms with Crippen LogP contribution in [0.3, 0.4) is 0 Å². The second kappa shape index (κ2) is 6.33. The summed E-state index contributed by atoms with van der Waals surface area (Å²) in [5, 5.41) is 8.94. The Morgan fingerprint density at radius 2 is 2.12 bits per heavy atom. The summed E-state index contributed by atoms with van der Waals surface area (Å²) < 4.78 is 5.35. The van der Waals surface area contributed by atoms with Gasteiger partial charge in [-0.05, 0) is 48.6 Å². The van der Waals surface area contributed by atoms with Gasteiger partial charge in [-0.15, -0.1) is 11.3 Å². The molecule has 0 saturated carbocycles. The molecule has 7 heteroatoms. The molecule has 1 aliphatic heterocycles. The number of rotatable bonds is 3. The lowest BCUT2D eigenvalue weighted by Gasteiger charge is -2.36. The van der Waals surface area contributed by atoms with Gasteiger partial charge >= 0.3 is 6.03 Å². The van der Waals surface area contributed by atoms with Crippen molar-refractivity contribution < 1.29 is 9.32 Å². The molecule has 1 fully saturated rings. The SMILES string of the molecule is Cc1ccc(NC(=O)N2CC(c3nc(-c4cccs4)no3)C2)cc1C. The molecule has 2 amide bonds. The maximum absolute atomic E-state index is 12.3. The van der Waals surface area contributed by atoms with Crippen LogP contribution in [0.5, 0.6) is 0 Å². The van der Waals surface area contributed by atoms with E-state index in [9.17, 15) is 4.79 Å². The van der Waals surface area contributed by atoms with Gasteiger partial charge in [-0.1, -0.05) is 17.3 Å². The topological polar surface area (TPSA) is 71.3 Å². The summed E-state index contributed by atoms with van der Waals surface area (Å²) in [5.41, 5.74) is 3.18. The van der Waals surface area contributed by atoms with Crippen LogP contribution in [0.15, 0.2) is 40.2 Å². The van der Waals surface area contributed by atoms with E-state index in [1.165, 1.54) is 5.56 Å². The van der Waals surface area contributed by atoms with Crippen LogP contribution in [0.1, 0.15) is 22.9 Å². The molecule has 1 N–H and O–H groups in total. The average molecular weight is 354 g/mol. The van der Waals surface area contributed by atoms with Crippen molar-refractivity contribution in [3.05, 3.63) is 52.7 Å². The molecule has 1 aliphatic rings. The third-order valence-corrected chi connectivity index (χ3v) is 5.33. The minimum Gasteiger partial charge on any atom is -0.339 e. The Labute approximate surface area is 149 Å². The van der Waals surface area contributed by atoms with E-state index >= 15 is 0 Å². The van der Waals surface area contributed by atoms with Crippen LogP contribution in [-0.2, 0) is 0 Å². The fourth-order valence-corrected chi connectivity index (χ4v) is 3.38. The molecule has 0 aliphatic carbocycles. The van der Waals surface area contributed by atoms with Crippen molar-refractivity contribution in [1.82, 2.24) is 15.0 Å². The van der Waals surface area contributed by atoms with Gasteiger partial charge in [0.1, 0.15) is 0 Å². The van der Waals surface area contributed by atoms with Crippen molar-refractivity contribution >= 4 is 23.1 Å². The van der Waals surface area contributed by atoms with E-state index in [0.717, 1.165) is 16.1 Å². The summed E-state index contributed by atoms with van der Waals surface area (Å²) in [6, 6.07) is 9.73. The van der Waals surface area contributed by atoms with Gasteiger partial charge in [-0.3, -0.25) is 0 Å². The predicted molar refractivity (Wildman–Crippen MR) is 96.9 cm³/mol. The van der Waals surface area contributed by atoms with Gasteiger partial charge in [0.05, 0.1) is 10.8 Å².